The molecule has 0 saturated carbocycles. The van der Waals surface area contributed by atoms with Crippen LogP contribution in [0.1, 0.15) is 18.4 Å². The number of hydrogen-bond donors (Lipinski definition) is 0. The number of aromatic nitrogens is 2. The van der Waals surface area contributed by atoms with Crippen LogP contribution in [-0.2, 0) is 17.8 Å². The van der Waals surface area contributed by atoms with E-state index in [0.717, 1.165) is 50.2 Å². The van der Waals surface area contributed by atoms with Gasteiger partial charge < -0.3 is 9.64 Å². The third-order valence-electron chi connectivity index (χ3n) is 5.16. The molecule has 3 heterocycles. The molecule has 0 aliphatic carbocycles. The summed E-state index contributed by atoms with van der Waals surface area (Å²) in [6.45, 7) is 3.16. The number of piperidine rings is 1. The van der Waals surface area contributed by atoms with Gasteiger partial charge in [0.05, 0.1) is 5.92 Å². The molecule has 4 rings (SSSR count). The van der Waals surface area contributed by atoms with Gasteiger partial charge in [-0.3, -0.25) is 9.48 Å². The predicted molar refractivity (Wildman–Crippen MR) is 90.7 cm³/mol. The third kappa shape index (κ3) is 3.16. The van der Waals surface area contributed by atoms with Crippen LogP contribution in [-0.4, -0.2) is 40.3 Å². The normalized spacial score (nSPS) is 21.2. The van der Waals surface area contributed by atoms with Crippen molar-refractivity contribution in [3.63, 3.8) is 0 Å². The van der Waals surface area contributed by atoms with Crippen molar-refractivity contribution in [2.45, 2.75) is 25.8 Å². The van der Waals surface area contributed by atoms with Gasteiger partial charge in [-0.05, 0) is 42.9 Å². The molecule has 24 heavy (non-hydrogen) atoms. The molecule has 0 bridgehead atoms. The highest BCUT2D eigenvalue weighted by molar-refractivity contribution is 5.80. The van der Waals surface area contributed by atoms with E-state index in [1.54, 1.807) is 0 Å². The van der Waals surface area contributed by atoms with E-state index in [4.69, 9.17) is 4.74 Å². The van der Waals surface area contributed by atoms with Gasteiger partial charge in [-0.25, -0.2) is 0 Å². The van der Waals surface area contributed by atoms with Gasteiger partial charge in [-0.1, -0.05) is 18.2 Å². The minimum atomic E-state index is -0.0393. The Kier molecular flexibility index (Phi) is 4.24. The first kappa shape index (κ1) is 15.2. The molecule has 2 aliphatic rings. The Morgan fingerprint density at radius 2 is 2.04 bits per heavy atom. The maximum absolute atomic E-state index is 12.8. The number of amides is 1. The molecule has 0 radical (unpaired) electrons. The number of para-hydroxylation sites is 1. The van der Waals surface area contributed by atoms with Crippen LogP contribution in [0.15, 0.2) is 42.7 Å². The zero-order valence-electron chi connectivity index (χ0n) is 13.8. The smallest absolute Gasteiger partial charge is 0.229 e. The lowest BCUT2D eigenvalue weighted by atomic mass is 9.92. The van der Waals surface area contributed by atoms with Crippen LogP contribution in [0, 0.1) is 11.8 Å². The molecule has 2 aromatic rings. The zero-order chi connectivity index (χ0) is 16.4. The summed E-state index contributed by atoms with van der Waals surface area (Å²) in [7, 11) is 0. The molecule has 1 fully saturated rings. The van der Waals surface area contributed by atoms with Gasteiger partial charge in [0.2, 0.25) is 5.91 Å². The summed E-state index contributed by atoms with van der Waals surface area (Å²) in [5, 5.41) is 4.28. The van der Waals surface area contributed by atoms with E-state index in [0.29, 0.717) is 12.5 Å². The summed E-state index contributed by atoms with van der Waals surface area (Å²) < 4.78 is 7.77. The molecule has 2 aliphatic heterocycles. The van der Waals surface area contributed by atoms with E-state index in [9.17, 15) is 4.79 Å². The second-order valence-corrected chi connectivity index (χ2v) is 6.82. The number of fused-ring (bicyclic) bond motifs is 1. The van der Waals surface area contributed by atoms with Gasteiger partial charge >= 0.3 is 0 Å². The van der Waals surface area contributed by atoms with Crippen LogP contribution in [0.5, 0.6) is 5.75 Å². The van der Waals surface area contributed by atoms with E-state index in [2.05, 4.69) is 11.2 Å². The van der Waals surface area contributed by atoms with E-state index < -0.39 is 0 Å². The molecule has 1 saturated heterocycles. The molecular formula is C19H23N3O2. The number of benzene rings is 1. The third-order valence-corrected chi connectivity index (χ3v) is 5.16. The van der Waals surface area contributed by atoms with Crippen molar-refractivity contribution < 1.29 is 9.53 Å². The fourth-order valence-corrected chi connectivity index (χ4v) is 3.75. The Bertz CT molecular complexity index is 690. The summed E-state index contributed by atoms with van der Waals surface area (Å²) in [6.07, 6.45) is 6.72. The molecule has 1 amide bonds. The minimum absolute atomic E-state index is 0.0393. The van der Waals surface area contributed by atoms with Crippen molar-refractivity contribution in [3.8, 4) is 5.75 Å². The number of hydrogen-bond acceptors (Lipinski definition) is 3. The maximum Gasteiger partial charge on any atom is 0.229 e. The van der Waals surface area contributed by atoms with Gasteiger partial charge in [-0.2, -0.15) is 5.10 Å². The van der Waals surface area contributed by atoms with E-state index >= 15 is 0 Å². The van der Waals surface area contributed by atoms with Crippen LogP contribution in [0.2, 0.25) is 0 Å². The molecule has 1 atom stereocenters. The van der Waals surface area contributed by atoms with Crippen LogP contribution in [0.25, 0.3) is 0 Å². The van der Waals surface area contributed by atoms with Crippen LogP contribution in [0.4, 0.5) is 0 Å². The van der Waals surface area contributed by atoms with Crippen LogP contribution < -0.4 is 4.74 Å². The summed E-state index contributed by atoms with van der Waals surface area (Å²) in [4.78, 5) is 14.8. The van der Waals surface area contributed by atoms with Gasteiger partial charge in [0.1, 0.15) is 12.4 Å². The molecule has 1 aromatic carbocycles. The Balaban J connectivity index is 1.32. The Labute approximate surface area is 142 Å². The van der Waals surface area contributed by atoms with Gasteiger partial charge in [0.25, 0.3) is 0 Å². The summed E-state index contributed by atoms with van der Waals surface area (Å²) >= 11 is 0. The van der Waals surface area contributed by atoms with Gasteiger partial charge in [0, 0.05) is 32.0 Å². The summed E-state index contributed by atoms with van der Waals surface area (Å²) in [6, 6.07) is 9.99. The molecule has 1 aromatic heterocycles. The summed E-state index contributed by atoms with van der Waals surface area (Å²) in [5.41, 5.74) is 1.15. The number of rotatable bonds is 3. The number of carbonyl (C=O) groups is 1. The second kappa shape index (κ2) is 6.67. The maximum atomic E-state index is 12.8. The second-order valence-electron chi connectivity index (χ2n) is 6.82. The van der Waals surface area contributed by atoms with E-state index in [-0.39, 0.29) is 11.8 Å². The highest BCUT2D eigenvalue weighted by Gasteiger charge is 2.31. The Morgan fingerprint density at radius 1 is 1.21 bits per heavy atom. The van der Waals surface area contributed by atoms with Crippen LogP contribution >= 0.6 is 0 Å². The SMILES string of the molecule is O=C(C1COc2ccccc2C1)N1CCC(Cn2cccn2)CC1. The molecule has 0 N–H and O–H groups in total. The summed E-state index contributed by atoms with van der Waals surface area (Å²) in [5.74, 6) is 1.75. The zero-order valence-corrected chi connectivity index (χ0v) is 13.8. The highest BCUT2D eigenvalue weighted by Crippen LogP contribution is 2.29. The van der Waals surface area contributed by atoms with Crippen molar-refractivity contribution >= 4 is 5.91 Å². The molecule has 5 nitrogen and oxygen atoms in total. The fourth-order valence-electron chi connectivity index (χ4n) is 3.75. The lowest BCUT2D eigenvalue weighted by Gasteiger charge is -2.35. The number of nitrogens with zero attached hydrogens (tertiary/aromatic N) is 3. The van der Waals surface area contributed by atoms with E-state index in [1.807, 2.05) is 46.2 Å². The highest BCUT2D eigenvalue weighted by atomic mass is 16.5. The van der Waals surface area contributed by atoms with Crippen molar-refractivity contribution in [1.29, 1.82) is 0 Å². The van der Waals surface area contributed by atoms with Gasteiger partial charge in [-0.15, -0.1) is 0 Å². The largest absolute Gasteiger partial charge is 0.492 e. The Hall–Kier alpha value is -2.30. The standard InChI is InChI=1S/C19H23N3O2/c23-19(17-12-16-4-1-2-5-18(16)24-14-17)21-10-6-15(7-11-21)13-22-9-3-8-20-22/h1-5,8-9,15,17H,6-7,10-14H2. The number of likely N-dealkylation sites (tertiary alicyclic amines) is 1. The minimum Gasteiger partial charge on any atom is -0.492 e. The molecule has 126 valence electrons. The topological polar surface area (TPSA) is 47.4 Å². The lowest BCUT2D eigenvalue weighted by Crippen LogP contribution is -2.45. The van der Waals surface area contributed by atoms with Gasteiger partial charge in [0.15, 0.2) is 0 Å². The first-order valence-electron chi connectivity index (χ1n) is 8.76. The number of ether oxygens (including phenoxy) is 1. The van der Waals surface area contributed by atoms with E-state index in [1.165, 1.54) is 0 Å². The van der Waals surface area contributed by atoms with Crippen molar-refractivity contribution in [2.24, 2.45) is 11.8 Å². The average Bonchev–Trinajstić information content (AvgIpc) is 3.14. The fraction of sp³-hybridized carbons (Fsp3) is 0.474. The van der Waals surface area contributed by atoms with Crippen molar-refractivity contribution in [3.05, 3.63) is 48.3 Å². The van der Waals surface area contributed by atoms with Crippen molar-refractivity contribution in [1.82, 2.24) is 14.7 Å². The first-order valence-corrected chi connectivity index (χ1v) is 8.76. The quantitative estimate of drug-likeness (QED) is 0.870. The van der Waals surface area contributed by atoms with Crippen molar-refractivity contribution in [2.75, 3.05) is 19.7 Å². The molecule has 5 heteroatoms. The number of carbonyl (C=O) groups excluding carboxylic acids is 1. The first-order chi connectivity index (χ1) is 11.8. The lowest BCUT2D eigenvalue weighted by molar-refractivity contribution is -0.138. The predicted octanol–water partition coefficient (Wildman–Crippen LogP) is 2.37. The molecular weight excluding hydrogens is 302 g/mol. The monoisotopic (exact) mass is 325 g/mol. The average molecular weight is 325 g/mol. The van der Waals surface area contributed by atoms with Crippen LogP contribution in [0.3, 0.4) is 0 Å². The molecule has 0 spiro atoms. The Morgan fingerprint density at radius 3 is 2.83 bits per heavy atom. The molecule has 1 unspecified atom stereocenters.